The largest absolute Gasteiger partial charge is 0.399 e. The van der Waals surface area contributed by atoms with Crippen LogP contribution in [0.4, 0.5) is 0 Å². The average molecular weight is 295 g/mol. The number of benzene rings is 1. The van der Waals surface area contributed by atoms with Crippen molar-refractivity contribution in [3.8, 4) is 23.6 Å². The Kier molecular flexibility index (Phi) is 4.37. The maximum Gasteiger partial charge on any atom is 0.108 e. The van der Waals surface area contributed by atoms with Crippen LogP contribution in [0.5, 0.6) is 0 Å². The van der Waals surface area contributed by atoms with Crippen molar-refractivity contribution in [3.05, 3.63) is 40.1 Å². The van der Waals surface area contributed by atoms with Gasteiger partial charge >= 0.3 is 0 Å². The van der Waals surface area contributed by atoms with Crippen molar-refractivity contribution in [1.29, 1.82) is 0 Å². The molecule has 1 heterocycles. The lowest BCUT2D eigenvalue weighted by molar-refractivity contribution is 0.213. The first kappa shape index (κ1) is 15.8. The van der Waals surface area contributed by atoms with Crippen LogP contribution >= 0.6 is 0 Å². The van der Waals surface area contributed by atoms with Gasteiger partial charge in [-0.15, -0.1) is 6.42 Å². The molecule has 2 aromatic rings. The molecule has 0 atom stereocenters. The monoisotopic (exact) mass is 295 g/mol. The van der Waals surface area contributed by atoms with E-state index in [1.54, 1.807) is 7.11 Å². The van der Waals surface area contributed by atoms with E-state index in [1.165, 1.54) is 0 Å². The van der Waals surface area contributed by atoms with E-state index < -0.39 is 0 Å². The molecule has 22 heavy (non-hydrogen) atoms. The number of aryl methyl sites for hydroxylation is 3. The van der Waals surface area contributed by atoms with Crippen LogP contribution in [0.2, 0.25) is 0 Å². The number of hydrogen-bond acceptors (Lipinski definition) is 3. The first-order valence-electron chi connectivity index (χ1n) is 7.10. The number of rotatable bonds is 3. The lowest BCUT2D eigenvalue weighted by Crippen LogP contribution is -2.01. The highest BCUT2D eigenvalue weighted by atomic mass is 16.6. The highest BCUT2D eigenvalue weighted by Gasteiger charge is 2.17. The number of nitrogens with zero attached hydrogens (tertiary/aromatic N) is 3. The summed E-state index contributed by atoms with van der Waals surface area (Å²) in [6, 6.07) is 4.22. The standard InChI is InChI=1S/C18H21N3O/c1-8-15-14(5)21(6)19-18(15)17-10-16(13(4)20-22-7)11(2)9-12(17)3/h1,9-10H,2-7H3/b20-13-. The van der Waals surface area contributed by atoms with Crippen molar-refractivity contribution in [2.24, 2.45) is 12.2 Å². The summed E-state index contributed by atoms with van der Waals surface area (Å²) < 4.78 is 1.82. The topological polar surface area (TPSA) is 39.4 Å². The second-order valence-electron chi connectivity index (χ2n) is 5.42. The Morgan fingerprint density at radius 3 is 2.55 bits per heavy atom. The van der Waals surface area contributed by atoms with Gasteiger partial charge in [-0.1, -0.05) is 17.1 Å². The zero-order valence-corrected chi connectivity index (χ0v) is 14.0. The van der Waals surface area contributed by atoms with Crippen molar-refractivity contribution < 1.29 is 4.84 Å². The van der Waals surface area contributed by atoms with E-state index in [0.29, 0.717) is 0 Å². The van der Waals surface area contributed by atoms with E-state index >= 15 is 0 Å². The first-order valence-corrected chi connectivity index (χ1v) is 7.10. The summed E-state index contributed by atoms with van der Waals surface area (Å²) in [6.45, 7) is 8.04. The minimum absolute atomic E-state index is 0.830. The van der Waals surface area contributed by atoms with Gasteiger partial charge in [0, 0.05) is 18.2 Å². The number of hydrogen-bond donors (Lipinski definition) is 0. The summed E-state index contributed by atoms with van der Waals surface area (Å²) >= 11 is 0. The van der Waals surface area contributed by atoms with E-state index in [1.807, 2.05) is 25.6 Å². The van der Waals surface area contributed by atoms with E-state index in [4.69, 9.17) is 11.3 Å². The fraction of sp³-hybridized carbons (Fsp3) is 0.333. The first-order chi connectivity index (χ1) is 10.4. The minimum atomic E-state index is 0.830. The van der Waals surface area contributed by atoms with E-state index in [-0.39, 0.29) is 0 Å². The van der Waals surface area contributed by atoms with Crippen LogP contribution in [-0.2, 0) is 11.9 Å². The zero-order chi connectivity index (χ0) is 16.4. The molecule has 0 saturated heterocycles. The van der Waals surface area contributed by atoms with E-state index in [2.05, 4.69) is 42.2 Å². The predicted octanol–water partition coefficient (Wildman–Crippen LogP) is 3.36. The molecule has 0 aliphatic heterocycles. The van der Waals surface area contributed by atoms with Gasteiger partial charge in [0.05, 0.1) is 17.0 Å². The van der Waals surface area contributed by atoms with Crippen LogP contribution in [0.3, 0.4) is 0 Å². The van der Waals surface area contributed by atoms with Gasteiger partial charge in [-0.2, -0.15) is 5.10 Å². The molecule has 0 aliphatic carbocycles. The fourth-order valence-corrected chi connectivity index (χ4v) is 2.65. The molecule has 0 aliphatic rings. The highest BCUT2D eigenvalue weighted by molar-refractivity contribution is 6.01. The third-order valence-electron chi connectivity index (χ3n) is 3.92. The lowest BCUT2D eigenvalue weighted by Gasteiger charge is -2.11. The summed E-state index contributed by atoms with van der Waals surface area (Å²) in [5.41, 5.74) is 7.85. The molecule has 4 heteroatoms. The summed E-state index contributed by atoms with van der Waals surface area (Å²) in [4.78, 5) is 4.89. The summed E-state index contributed by atoms with van der Waals surface area (Å²) in [7, 11) is 3.45. The molecule has 0 bridgehead atoms. The Labute approximate surface area is 131 Å². The Bertz CT molecular complexity index is 792. The van der Waals surface area contributed by atoms with Crippen molar-refractivity contribution in [2.45, 2.75) is 27.7 Å². The molecule has 0 amide bonds. The van der Waals surface area contributed by atoms with Crippen LogP contribution < -0.4 is 0 Å². The molecular weight excluding hydrogens is 274 g/mol. The molecule has 0 unspecified atom stereocenters. The second kappa shape index (κ2) is 6.07. The molecule has 0 spiro atoms. The van der Waals surface area contributed by atoms with Gasteiger partial charge in [-0.3, -0.25) is 4.68 Å². The van der Waals surface area contributed by atoms with Gasteiger partial charge < -0.3 is 4.84 Å². The van der Waals surface area contributed by atoms with Crippen LogP contribution in [0, 0.1) is 33.1 Å². The Hall–Kier alpha value is -2.54. The molecule has 2 rings (SSSR count). The van der Waals surface area contributed by atoms with Crippen LogP contribution in [0.25, 0.3) is 11.3 Å². The van der Waals surface area contributed by atoms with Crippen molar-refractivity contribution in [2.75, 3.05) is 7.11 Å². The van der Waals surface area contributed by atoms with Crippen LogP contribution in [0.15, 0.2) is 17.3 Å². The average Bonchev–Trinajstić information content (AvgIpc) is 2.74. The Balaban J connectivity index is 2.72. The third kappa shape index (κ3) is 2.62. The van der Waals surface area contributed by atoms with Crippen molar-refractivity contribution in [3.63, 3.8) is 0 Å². The lowest BCUT2D eigenvalue weighted by atomic mass is 9.94. The normalized spacial score (nSPS) is 11.4. The molecule has 1 aromatic heterocycles. The van der Waals surface area contributed by atoms with Gasteiger partial charge in [0.25, 0.3) is 0 Å². The summed E-state index contributed by atoms with van der Waals surface area (Å²) in [5.74, 6) is 2.76. The molecule has 0 radical (unpaired) electrons. The Morgan fingerprint density at radius 2 is 1.95 bits per heavy atom. The van der Waals surface area contributed by atoms with Crippen molar-refractivity contribution >= 4 is 5.71 Å². The highest BCUT2D eigenvalue weighted by Crippen LogP contribution is 2.30. The minimum Gasteiger partial charge on any atom is -0.399 e. The van der Waals surface area contributed by atoms with Crippen molar-refractivity contribution in [1.82, 2.24) is 9.78 Å². The second-order valence-corrected chi connectivity index (χ2v) is 5.42. The smallest absolute Gasteiger partial charge is 0.108 e. The van der Waals surface area contributed by atoms with Gasteiger partial charge in [-0.25, -0.2) is 0 Å². The summed E-state index contributed by atoms with van der Waals surface area (Å²) in [6.07, 6.45) is 5.68. The van der Waals surface area contributed by atoms with Gasteiger partial charge in [-0.05, 0) is 44.9 Å². The molecule has 114 valence electrons. The molecule has 4 nitrogen and oxygen atoms in total. The van der Waals surface area contributed by atoms with E-state index in [0.717, 1.165) is 44.9 Å². The maximum atomic E-state index is 5.68. The fourth-order valence-electron chi connectivity index (χ4n) is 2.65. The predicted molar refractivity (Wildman–Crippen MR) is 90.0 cm³/mol. The van der Waals surface area contributed by atoms with Gasteiger partial charge in [0.1, 0.15) is 12.8 Å². The molecule has 1 aromatic carbocycles. The number of aromatic nitrogens is 2. The maximum absolute atomic E-state index is 5.68. The molecule has 0 N–H and O–H groups in total. The summed E-state index contributed by atoms with van der Waals surface area (Å²) in [5, 5.41) is 8.63. The number of oxime groups is 1. The van der Waals surface area contributed by atoms with Gasteiger partial charge in [0.15, 0.2) is 0 Å². The van der Waals surface area contributed by atoms with E-state index in [9.17, 15) is 0 Å². The molecule has 0 fully saturated rings. The third-order valence-corrected chi connectivity index (χ3v) is 3.92. The molecular formula is C18H21N3O. The zero-order valence-electron chi connectivity index (χ0n) is 14.0. The van der Waals surface area contributed by atoms with Gasteiger partial charge in [0.2, 0.25) is 0 Å². The van der Waals surface area contributed by atoms with Crippen LogP contribution in [-0.4, -0.2) is 22.6 Å². The van der Waals surface area contributed by atoms with Crippen LogP contribution in [0.1, 0.15) is 34.9 Å². The Morgan fingerprint density at radius 1 is 1.27 bits per heavy atom. The molecule has 0 saturated carbocycles. The SMILES string of the molecule is C#Cc1c(-c2cc(/C(C)=N\OC)c(C)cc2C)nn(C)c1C. The quantitative estimate of drug-likeness (QED) is 0.495. The number of terminal acetylenes is 1.